The van der Waals surface area contributed by atoms with Crippen molar-refractivity contribution in [1.82, 2.24) is 0 Å². The molecule has 0 saturated carbocycles. The van der Waals surface area contributed by atoms with Gasteiger partial charge < -0.3 is 9.32 Å². The first kappa shape index (κ1) is 14.7. The van der Waals surface area contributed by atoms with E-state index in [9.17, 15) is 5.26 Å². The Morgan fingerprint density at radius 2 is 1.82 bits per heavy atom. The molecule has 0 bridgehead atoms. The van der Waals surface area contributed by atoms with Crippen molar-refractivity contribution in [2.75, 3.05) is 18.0 Å². The van der Waals surface area contributed by atoms with Gasteiger partial charge in [-0.25, -0.2) is 0 Å². The van der Waals surface area contributed by atoms with Crippen molar-refractivity contribution in [1.29, 1.82) is 5.26 Å². The number of rotatable bonds is 3. The minimum Gasteiger partial charge on any atom is -0.441 e. The predicted octanol–water partition coefficient (Wildman–Crippen LogP) is 4.99. The lowest BCUT2D eigenvalue weighted by Crippen LogP contribution is -2.28. The Kier molecular flexibility index (Phi) is 4.50. The molecule has 0 radical (unpaired) electrons. The average Bonchev–Trinajstić information content (AvgIpc) is 3.03. The van der Waals surface area contributed by atoms with E-state index < -0.39 is 0 Å². The third-order valence-electron chi connectivity index (χ3n) is 3.84. The van der Waals surface area contributed by atoms with Crippen LogP contribution < -0.4 is 4.90 Å². The van der Waals surface area contributed by atoms with Gasteiger partial charge in [-0.15, -0.1) is 0 Å². The van der Waals surface area contributed by atoms with Crippen LogP contribution in [-0.2, 0) is 0 Å². The summed E-state index contributed by atoms with van der Waals surface area (Å²) in [6.07, 6.45) is 5.48. The van der Waals surface area contributed by atoms with Crippen LogP contribution in [0.1, 0.15) is 30.6 Å². The van der Waals surface area contributed by atoms with Crippen LogP contribution >= 0.6 is 11.6 Å². The smallest absolute Gasteiger partial charge is 0.196 e. The second-order valence-electron chi connectivity index (χ2n) is 5.40. The van der Waals surface area contributed by atoms with Crippen LogP contribution in [0.3, 0.4) is 0 Å². The standard InChI is InChI=1S/C18H17ClN2O/c19-16-6-4-14(5-7-16)15(13-20)12-17-8-9-18(22-17)21-10-2-1-3-11-21/h4-9,12H,1-3,10-11H2/b15-12-. The fourth-order valence-electron chi connectivity index (χ4n) is 2.66. The summed E-state index contributed by atoms with van der Waals surface area (Å²) in [5, 5.41) is 10.0. The summed E-state index contributed by atoms with van der Waals surface area (Å²) in [4.78, 5) is 2.26. The van der Waals surface area contributed by atoms with E-state index >= 15 is 0 Å². The summed E-state index contributed by atoms with van der Waals surface area (Å²) in [7, 11) is 0. The van der Waals surface area contributed by atoms with Crippen molar-refractivity contribution in [2.45, 2.75) is 19.3 Å². The van der Waals surface area contributed by atoms with Crippen LogP contribution in [0.2, 0.25) is 5.02 Å². The normalized spacial score (nSPS) is 15.6. The van der Waals surface area contributed by atoms with Crippen molar-refractivity contribution in [3.8, 4) is 6.07 Å². The topological polar surface area (TPSA) is 40.2 Å². The summed E-state index contributed by atoms with van der Waals surface area (Å²) in [5.41, 5.74) is 1.40. The Labute approximate surface area is 135 Å². The Balaban J connectivity index is 1.82. The lowest BCUT2D eigenvalue weighted by molar-refractivity contribution is 0.496. The van der Waals surface area contributed by atoms with Gasteiger partial charge in [-0.1, -0.05) is 23.7 Å². The number of hydrogen-bond donors (Lipinski definition) is 0. The van der Waals surface area contributed by atoms with Gasteiger partial charge in [0.1, 0.15) is 5.76 Å². The largest absolute Gasteiger partial charge is 0.441 e. The van der Waals surface area contributed by atoms with Crippen LogP contribution in [0, 0.1) is 11.3 Å². The molecule has 0 unspecified atom stereocenters. The highest BCUT2D eigenvalue weighted by Gasteiger charge is 2.14. The van der Waals surface area contributed by atoms with Crippen LogP contribution in [0.25, 0.3) is 11.6 Å². The molecule has 0 atom stereocenters. The van der Waals surface area contributed by atoms with E-state index in [4.69, 9.17) is 16.0 Å². The molecule has 112 valence electrons. The van der Waals surface area contributed by atoms with Crippen molar-refractivity contribution in [3.63, 3.8) is 0 Å². The number of benzene rings is 1. The fourth-order valence-corrected chi connectivity index (χ4v) is 2.78. The van der Waals surface area contributed by atoms with Gasteiger partial charge in [0.15, 0.2) is 5.88 Å². The van der Waals surface area contributed by atoms with Gasteiger partial charge >= 0.3 is 0 Å². The maximum atomic E-state index is 9.36. The molecule has 0 aliphatic carbocycles. The highest BCUT2D eigenvalue weighted by molar-refractivity contribution is 6.30. The first-order valence-corrected chi connectivity index (χ1v) is 7.86. The Morgan fingerprint density at radius 1 is 1.09 bits per heavy atom. The number of anilines is 1. The van der Waals surface area contributed by atoms with Gasteiger partial charge in [0, 0.05) is 24.2 Å². The van der Waals surface area contributed by atoms with Gasteiger partial charge in [-0.3, -0.25) is 0 Å². The first-order chi connectivity index (χ1) is 10.8. The van der Waals surface area contributed by atoms with E-state index in [0.29, 0.717) is 16.4 Å². The zero-order chi connectivity index (χ0) is 15.4. The van der Waals surface area contributed by atoms with E-state index in [1.54, 1.807) is 18.2 Å². The molecule has 0 spiro atoms. The number of allylic oxidation sites excluding steroid dienone is 1. The number of halogens is 1. The summed E-state index contributed by atoms with van der Waals surface area (Å²) in [6.45, 7) is 2.08. The number of piperidine rings is 1. The molecule has 1 aliphatic rings. The van der Waals surface area contributed by atoms with E-state index in [-0.39, 0.29) is 0 Å². The molecule has 2 heterocycles. The van der Waals surface area contributed by atoms with E-state index in [1.165, 1.54) is 19.3 Å². The minimum absolute atomic E-state index is 0.566. The highest BCUT2D eigenvalue weighted by atomic mass is 35.5. The molecule has 0 amide bonds. The van der Waals surface area contributed by atoms with Crippen LogP contribution in [0.15, 0.2) is 40.8 Å². The highest BCUT2D eigenvalue weighted by Crippen LogP contribution is 2.26. The molecule has 22 heavy (non-hydrogen) atoms. The van der Waals surface area contributed by atoms with Crippen molar-refractivity contribution >= 4 is 29.1 Å². The van der Waals surface area contributed by atoms with E-state index in [2.05, 4.69) is 11.0 Å². The summed E-state index contributed by atoms with van der Waals surface area (Å²) in [6, 6.07) is 13.4. The molecular weight excluding hydrogens is 296 g/mol. The number of furan rings is 1. The molecule has 1 aliphatic heterocycles. The lowest BCUT2D eigenvalue weighted by atomic mass is 10.1. The molecule has 1 fully saturated rings. The molecule has 4 heteroatoms. The molecule has 3 rings (SSSR count). The predicted molar refractivity (Wildman–Crippen MR) is 89.7 cm³/mol. The third-order valence-corrected chi connectivity index (χ3v) is 4.09. The molecule has 1 aromatic heterocycles. The van der Waals surface area contributed by atoms with Crippen molar-refractivity contribution in [3.05, 3.63) is 52.7 Å². The number of nitriles is 1. The van der Waals surface area contributed by atoms with Gasteiger partial charge in [-0.05, 0) is 49.1 Å². The van der Waals surface area contributed by atoms with Crippen molar-refractivity contribution in [2.24, 2.45) is 0 Å². The molecule has 0 N–H and O–H groups in total. The summed E-state index contributed by atoms with van der Waals surface area (Å²) >= 11 is 5.88. The molecule has 1 saturated heterocycles. The fraction of sp³-hybridized carbons (Fsp3) is 0.278. The Hall–Kier alpha value is -2.18. The van der Waals surface area contributed by atoms with E-state index in [1.807, 2.05) is 24.3 Å². The Morgan fingerprint density at radius 3 is 2.50 bits per heavy atom. The molecule has 1 aromatic carbocycles. The summed E-state index contributed by atoms with van der Waals surface area (Å²) in [5.74, 6) is 1.59. The number of nitrogens with zero attached hydrogens (tertiary/aromatic N) is 2. The quantitative estimate of drug-likeness (QED) is 0.750. The summed E-state index contributed by atoms with van der Waals surface area (Å²) < 4.78 is 5.87. The zero-order valence-corrected chi connectivity index (χ0v) is 13.0. The van der Waals surface area contributed by atoms with Crippen LogP contribution in [-0.4, -0.2) is 13.1 Å². The van der Waals surface area contributed by atoms with Crippen LogP contribution in [0.5, 0.6) is 0 Å². The maximum absolute atomic E-state index is 9.36. The average molecular weight is 313 g/mol. The monoisotopic (exact) mass is 312 g/mol. The third kappa shape index (κ3) is 3.35. The van der Waals surface area contributed by atoms with Crippen LogP contribution in [0.4, 0.5) is 5.88 Å². The maximum Gasteiger partial charge on any atom is 0.196 e. The van der Waals surface area contributed by atoms with Crippen molar-refractivity contribution < 1.29 is 4.42 Å². The Bertz CT molecular complexity index is 703. The first-order valence-electron chi connectivity index (χ1n) is 7.49. The van der Waals surface area contributed by atoms with Gasteiger partial charge in [-0.2, -0.15) is 5.26 Å². The lowest BCUT2D eigenvalue weighted by Gasteiger charge is -2.25. The number of hydrogen-bond acceptors (Lipinski definition) is 3. The van der Waals surface area contributed by atoms with Gasteiger partial charge in [0.05, 0.1) is 11.6 Å². The second kappa shape index (κ2) is 6.72. The molecular formula is C18H17ClN2O. The SMILES string of the molecule is N#C/C(=C/c1ccc(N2CCCCC2)o1)c1ccc(Cl)cc1. The molecule has 3 nitrogen and oxygen atoms in total. The molecule has 2 aromatic rings. The van der Waals surface area contributed by atoms with Gasteiger partial charge in [0.2, 0.25) is 0 Å². The minimum atomic E-state index is 0.566. The second-order valence-corrected chi connectivity index (χ2v) is 5.84. The van der Waals surface area contributed by atoms with Gasteiger partial charge in [0.25, 0.3) is 0 Å². The van der Waals surface area contributed by atoms with E-state index in [0.717, 1.165) is 24.5 Å². The zero-order valence-electron chi connectivity index (χ0n) is 12.3.